The number of carbonyl (C=O) groups is 1. The molecule has 0 radical (unpaired) electrons. The zero-order chi connectivity index (χ0) is 16.8. The van der Waals surface area contributed by atoms with E-state index in [4.69, 9.17) is 0 Å². The molecular formula is C16H23N5OS. The maximum absolute atomic E-state index is 11.9. The van der Waals surface area contributed by atoms with E-state index in [0.29, 0.717) is 13.1 Å². The molecule has 0 saturated heterocycles. The average molecular weight is 333 g/mol. The van der Waals surface area contributed by atoms with Gasteiger partial charge in [0.1, 0.15) is 5.82 Å². The van der Waals surface area contributed by atoms with Gasteiger partial charge in [0.15, 0.2) is 0 Å². The molecule has 2 aromatic rings. The summed E-state index contributed by atoms with van der Waals surface area (Å²) >= 11 is 1.67. The van der Waals surface area contributed by atoms with Crippen LogP contribution in [0.15, 0.2) is 24.5 Å². The molecule has 0 fully saturated rings. The van der Waals surface area contributed by atoms with Crippen molar-refractivity contribution in [2.75, 3.05) is 25.5 Å². The first-order chi connectivity index (χ1) is 11.0. The zero-order valence-electron chi connectivity index (χ0n) is 14.0. The van der Waals surface area contributed by atoms with Crippen LogP contribution >= 0.6 is 11.3 Å². The summed E-state index contributed by atoms with van der Waals surface area (Å²) < 4.78 is 0. The van der Waals surface area contributed by atoms with Crippen LogP contribution in [-0.2, 0) is 6.54 Å². The minimum absolute atomic E-state index is 0.173. The summed E-state index contributed by atoms with van der Waals surface area (Å²) in [7, 11) is 3.88. The van der Waals surface area contributed by atoms with Gasteiger partial charge < -0.3 is 15.5 Å². The van der Waals surface area contributed by atoms with E-state index in [1.54, 1.807) is 17.5 Å². The van der Waals surface area contributed by atoms with Gasteiger partial charge in [-0.25, -0.2) is 14.8 Å². The predicted octanol–water partition coefficient (Wildman–Crippen LogP) is 2.52. The number of anilines is 1. The van der Waals surface area contributed by atoms with Crippen LogP contribution < -0.4 is 15.5 Å². The Morgan fingerprint density at radius 1 is 1.35 bits per heavy atom. The van der Waals surface area contributed by atoms with Crippen LogP contribution in [0.5, 0.6) is 0 Å². The number of hydrogen-bond donors (Lipinski definition) is 2. The number of urea groups is 1. The number of nitrogens with zero attached hydrogens (tertiary/aromatic N) is 3. The summed E-state index contributed by atoms with van der Waals surface area (Å²) in [5, 5.41) is 6.80. The lowest BCUT2D eigenvalue weighted by Crippen LogP contribution is -2.37. The van der Waals surface area contributed by atoms with Crippen LogP contribution in [0.2, 0.25) is 0 Å². The third kappa shape index (κ3) is 5.21. The Balaban J connectivity index is 1.78. The van der Waals surface area contributed by atoms with Crippen molar-refractivity contribution < 1.29 is 4.79 Å². The number of rotatable bonds is 6. The number of thiazole rings is 1. The van der Waals surface area contributed by atoms with Crippen molar-refractivity contribution >= 4 is 23.2 Å². The Morgan fingerprint density at radius 2 is 2.13 bits per heavy atom. The fraction of sp³-hybridized carbons (Fsp3) is 0.438. The van der Waals surface area contributed by atoms with Crippen molar-refractivity contribution in [1.29, 1.82) is 0 Å². The summed E-state index contributed by atoms with van der Waals surface area (Å²) in [5.74, 6) is 1.08. The van der Waals surface area contributed by atoms with Crippen LogP contribution in [0, 0.1) is 6.92 Å². The normalized spacial score (nSPS) is 11.8. The van der Waals surface area contributed by atoms with E-state index in [1.807, 2.05) is 44.2 Å². The Kier molecular flexibility index (Phi) is 5.92. The number of hydrogen-bond acceptors (Lipinski definition) is 5. The van der Waals surface area contributed by atoms with Gasteiger partial charge in [0.25, 0.3) is 0 Å². The third-order valence-corrected chi connectivity index (χ3v) is 4.50. The van der Waals surface area contributed by atoms with Gasteiger partial charge in [-0.15, -0.1) is 11.3 Å². The SMILES string of the molecule is Cc1cnc([C@H](C)CNC(=O)NCc2ccnc(N(C)C)c2)s1. The second-order valence-electron chi connectivity index (χ2n) is 5.69. The second kappa shape index (κ2) is 7.92. The maximum atomic E-state index is 11.9. The van der Waals surface area contributed by atoms with Crippen molar-refractivity contribution in [3.8, 4) is 0 Å². The lowest BCUT2D eigenvalue weighted by molar-refractivity contribution is 0.240. The fourth-order valence-corrected chi connectivity index (χ4v) is 2.82. The van der Waals surface area contributed by atoms with Gasteiger partial charge >= 0.3 is 6.03 Å². The molecule has 0 aliphatic rings. The van der Waals surface area contributed by atoms with Crippen LogP contribution in [-0.4, -0.2) is 36.6 Å². The monoisotopic (exact) mass is 333 g/mol. The van der Waals surface area contributed by atoms with E-state index in [2.05, 4.69) is 27.5 Å². The Bertz CT molecular complexity index is 655. The lowest BCUT2D eigenvalue weighted by atomic mass is 10.2. The van der Waals surface area contributed by atoms with E-state index in [0.717, 1.165) is 16.4 Å². The highest BCUT2D eigenvalue weighted by Crippen LogP contribution is 2.20. The Hall–Kier alpha value is -2.15. The number of aryl methyl sites for hydroxylation is 1. The Labute approximate surface area is 141 Å². The molecule has 0 saturated carbocycles. The van der Waals surface area contributed by atoms with E-state index in [1.165, 1.54) is 4.88 Å². The molecule has 0 aromatic carbocycles. The Morgan fingerprint density at radius 3 is 2.78 bits per heavy atom. The fourth-order valence-electron chi connectivity index (χ4n) is 1.99. The highest BCUT2D eigenvalue weighted by atomic mass is 32.1. The molecule has 0 aliphatic carbocycles. The molecule has 6 nitrogen and oxygen atoms in total. The molecule has 1 atom stereocenters. The molecule has 0 unspecified atom stereocenters. The first kappa shape index (κ1) is 17.2. The molecule has 0 aliphatic heterocycles. The zero-order valence-corrected chi connectivity index (χ0v) is 14.8. The first-order valence-corrected chi connectivity index (χ1v) is 8.33. The first-order valence-electron chi connectivity index (χ1n) is 7.52. The van der Waals surface area contributed by atoms with Crippen molar-refractivity contribution in [2.24, 2.45) is 0 Å². The quantitative estimate of drug-likeness (QED) is 0.852. The van der Waals surface area contributed by atoms with Crippen molar-refractivity contribution in [3.05, 3.63) is 40.0 Å². The summed E-state index contributed by atoms with van der Waals surface area (Å²) in [6.45, 7) is 5.13. The molecule has 2 heterocycles. The lowest BCUT2D eigenvalue weighted by Gasteiger charge is -2.13. The van der Waals surface area contributed by atoms with Crippen LogP contribution in [0.25, 0.3) is 0 Å². The number of aromatic nitrogens is 2. The highest BCUT2D eigenvalue weighted by molar-refractivity contribution is 7.11. The average Bonchev–Trinajstić information content (AvgIpc) is 2.97. The largest absolute Gasteiger partial charge is 0.363 e. The molecule has 7 heteroatoms. The van der Waals surface area contributed by atoms with Crippen molar-refractivity contribution in [2.45, 2.75) is 26.3 Å². The second-order valence-corrected chi connectivity index (χ2v) is 6.96. The summed E-state index contributed by atoms with van der Waals surface area (Å²) in [5.41, 5.74) is 1.02. The standard InChI is InChI=1S/C16H23N5OS/c1-11(15-18-9-12(2)23-15)8-19-16(22)20-10-13-5-6-17-14(7-13)21(3)4/h5-7,9,11H,8,10H2,1-4H3,(H2,19,20,22)/t11-/m1/s1. The van der Waals surface area contributed by atoms with Crippen LogP contribution in [0.1, 0.15) is 28.3 Å². The minimum Gasteiger partial charge on any atom is -0.363 e. The number of nitrogens with one attached hydrogen (secondary N) is 2. The van der Waals surface area contributed by atoms with E-state index >= 15 is 0 Å². The smallest absolute Gasteiger partial charge is 0.315 e. The molecule has 0 bridgehead atoms. The van der Waals surface area contributed by atoms with Crippen molar-refractivity contribution in [3.63, 3.8) is 0 Å². The van der Waals surface area contributed by atoms with Crippen LogP contribution in [0.4, 0.5) is 10.6 Å². The highest BCUT2D eigenvalue weighted by Gasteiger charge is 2.11. The van der Waals surface area contributed by atoms with Gasteiger partial charge in [-0.2, -0.15) is 0 Å². The van der Waals surface area contributed by atoms with Gasteiger partial charge in [0.2, 0.25) is 0 Å². The van der Waals surface area contributed by atoms with E-state index in [-0.39, 0.29) is 11.9 Å². The summed E-state index contributed by atoms with van der Waals surface area (Å²) in [6, 6.07) is 3.68. The number of amides is 2. The summed E-state index contributed by atoms with van der Waals surface area (Å²) in [6.07, 6.45) is 3.61. The predicted molar refractivity (Wildman–Crippen MR) is 94.1 cm³/mol. The van der Waals surface area contributed by atoms with Gasteiger partial charge in [-0.05, 0) is 24.6 Å². The molecule has 124 valence electrons. The molecule has 2 rings (SSSR count). The molecular weight excluding hydrogens is 310 g/mol. The van der Waals surface area contributed by atoms with Gasteiger partial charge in [-0.3, -0.25) is 0 Å². The van der Waals surface area contributed by atoms with Crippen molar-refractivity contribution in [1.82, 2.24) is 20.6 Å². The molecule has 0 spiro atoms. The van der Waals surface area contributed by atoms with E-state index in [9.17, 15) is 4.79 Å². The molecule has 2 N–H and O–H groups in total. The molecule has 2 aromatic heterocycles. The molecule has 23 heavy (non-hydrogen) atoms. The number of carbonyl (C=O) groups excluding carboxylic acids is 1. The van der Waals surface area contributed by atoms with E-state index < -0.39 is 0 Å². The van der Waals surface area contributed by atoms with Gasteiger partial charge in [-0.1, -0.05) is 6.92 Å². The topological polar surface area (TPSA) is 70.1 Å². The van der Waals surface area contributed by atoms with Crippen LogP contribution in [0.3, 0.4) is 0 Å². The van der Waals surface area contributed by atoms with Gasteiger partial charge in [0, 0.05) is 50.4 Å². The summed E-state index contributed by atoms with van der Waals surface area (Å²) in [4.78, 5) is 23.6. The minimum atomic E-state index is -0.173. The number of pyridine rings is 1. The third-order valence-electron chi connectivity index (χ3n) is 3.35. The maximum Gasteiger partial charge on any atom is 0.315 e. The molecule has 2 amide bonds. The van der Waals surface area contributed by atoms with Gasteiger partial charge in [0.05, 0.1) is 5.01 Å².